The summed E-state index contributed by atoms with van der Waals surface area (Å²) < 4.78 is 28.1. The molecular weight excluding hydrogens is 398 g/mol. The molecule has 0 aliphatic heterocycles. The predicted octanol–water partition coefficient (Wildman–Crippen LogP) is 2.71. The number of aromatic nitrogens is 1. The Hall–Kier alpha value is -2.75. The van der Waals surface area contributed by atoms with Crippen molar-refractivity contribution in [1.29, 1.82) is 0 Å². The van der Waals surface area contributed by atoms with Crippen LogP contribution in [0.5, 0.6) is 5.75 Å². The fraction of sp³-hybridized carbons (Fsp3) is 0.158. The SMILES string of the molecule is Cc1ccccc1OCC(=O)Nc1ncc(Cc2ccc(S(N)(=O)=O)cc2)s1. The number of benzene rings is 2. The molecule has 0 saturated heterocycles. The van der Waals surface area contributed by atoms with Gasteiger partial charge in [0.05, 0.1) is 4.90 Å². The van der Waals surface area contributed by atoms with Gasteiger partial charge in [-0.05, 0) is 36.2 Å². The van der Waals surface area contributed by atoms with Gasteiger partial charge >= 0.3 is 0 Å². The summed E-state index contributed by atoms with van der Waals surface area (Å²) in [5.74, 6) is 0.377. The van der Waals surface area contributed by atoms with Crippen molar-refractivity contribution in [3.63, 3.8) is 0 Å². The van der Waals surface area contributed by atoms with Crippen molar-refractivity contribution in [3.8, 4) is 5.75 Å². The van der Waals surface area contributed by atoms with Gasteiger partial charge in [-0.3, -0.25) is 10.1 Å². The number of amides is 1. The van der Waals surface area contributed by atoms with E-state index in [2.05, 4.69) is 10.3 Å². The minimum absolute atomic E-state index is 0.0714. The van der Waals surface area contributed by atoms with Crippen LogP contribution >= 0.6 is 11.3 Å². The lowest BCUT2D eigenvalue weighted by Gasteiger charge is -2.08. The molecule has 0 unspecified atom stereocenters. The first-order valence-corrected chi connectivity index (χ1v) is 10.7. The van der Waals surface area contributed by atoms with Crippen LogP contribution in [0.3, 0.4) is 0 Å². The van der Waals surface area contributed by atoms with E-state index >= 15 is 0 Å². The molecule has 0 spiro atoms. The molecule has 1 aromatic heterocycles. The smallest absolute Gasteiger partial charge is 0.264 e. The molecule has 1 amide bonds. The summed E-state index contributed by atoms with van der Waals surface area (Å²) in [4.78, 5) is 17.3. The molecule has 0 atom stereocenters. The van der Waals surface area contributed by atoms with E-state index in [1.807, 2.05) is 31.2 Å². The molecule has 2 aromatic carbocycles. The molecule has 146 valence electrons. The highest BCUT2D eigenvalue weighted by atomic mass is 32.2. The lowest BCUT2D eigenvalue weighted by atomic mass is 10.1. The number of para-hydroxylation sites is 1. The summed E-state index contributed by atoms with van der Waals surface area (Å²) in [5.41, 5.74) is 1.87. The first-order chi connectivity index (χ1) is 13.3. The van der Waals surface area contributed by atoms with E-state index in [0.29, 0.717) is 17.3 Å². The van der Waals surface area contributed by atoms with Crippen molar-refractivity contribution in [3.05, 3.63) is 70.7 Å². The summed E-state index contributed by atoms with van der Waals surface area (Å²) in [5, 5.41) is 8.29. The van der Waals surface area contributed by atoms with Gasteiger partial charge < -0.3 is 4.74 Å². The van der Waals surface area contributed by atoms with Gasteiger partial charge in [-0.1, -0.05) is 30.3 Å². The quantitative estimate of drug-likeness (QED) is 0.614. The number of thiazole rings is 1. The maximum atomic E-state index is 12.1. The number of carbonyl (C=O) groups is 1. The van der Waals surface area contributed by atoms with Gasteiger partial charge in [-0.15, -0.1) is 11.3 Å². The number of aryl methyl sites for hydroxylation is 1. The van der Waals surface area contributed by atoms with Gasteiger partial charge in [0, 0.05) is 17.5 Å². The van der Waals surface area contributed by atoms with E-state index in [-0.39, 0.29) is 17.4 Å². The first kappa shape index (κ1) is 20.0. The Morgan fingerprint density at radius 1 is 1.18 bits per heavy atom. The van der Waals surface area contributed by atoms with E-state index in [4.69, 9.17) is 9.88 Å². The van der Waals surface area contributed by atoms with Crippen LogP contribution in [-0.4, -0.2) is 25.9 Å². The van der Waals surface area contributed by atoms with Crippen molar-refractivity contribution >= 4 is 32.4 Å². The largest absolute Gasteiger partial charge is 0.483 e. The molecule has 3 rings (SSSR count). The number of sulfonamides is 1. The van der Waals surface area contributed by atoms with Crippen LogP contribution in [0.15, 0.2) is 59.6 Å². The van der Waals surface area contributed by atoms with Crippen LogP contribution in [0.1, 0.15) is 16.0 Å². The molecule has 3 N–H and O–H groups in total. The van der Waals surface area contributed by atoms with E-state index in [1.54, 1.807) is 18.3 Å². The average molecular weight is 418 g/mol. The average Bonchev–Trinajstić information content (AvgIpc) is 3.07. The predicted molar refractivity (Wildman–Crippen MR) is 108 cm³/mol. The minimum Gasteiger partial charge on any atom is -0.483 e. The Kier molecular flexibility index (Phi) is 6.08. The van der Waals surface area contributed by atoms with E-state index in [1.165, 1.54) is 23.5 Å². The summed E-state index contributed by atoms with van der Waals surface area (Å²) >= 11 is 1.35. The van der Waals surface area contributed by atoms with Crippen LogP contribution in [-0.2, 0) is 21.2 Å². The lowest BCUT2D eigenvalue weighted by Crippen LogP contribution is -2.20. The zero-order valence-corrected chi connectivity index (χ0v) is 16.7. The van der Waals surface area contributed by atoms with Gasteiger partial charge in [0.2, 0.25) is 10.0 Å². The normalized spacial score (nSPS) is 11.2. The van der Waals surface area contributed by atoms with Crippen molar-refractivity contribution < 1.29 is 17.9 Å². The highest BCUT2D eigenvalue weighted by Gasteiger charge is 2.10. The standard InChI is InChI=1S/C19H19N3O4S2/c1-13-4-2-3-5-17(13)26-12-18(23)22-19-21-11-15(27-19)10-14-6-8-16(9-7-14)28(20,24)25/h2-9,11H,10,12H2,1H3,(H2,20,24,25)(H,21,22,23). The zero-order valence-electron chi connectivity index (χ0n) is 15.1. The second-order valence-corrected chi connectivity index (χ2v) is 8.78. The Morgan fingerprint density at radius 3 is 2.57 bits per heavy atom. The molecule has 7 nitrogen and oxygen atoms in total. The summed E-state index contributed by atoms with van der Waals surface area (Å²) in [6.45, 7) is 1.81. The monoisotopic (exact) mass is 417 g/mol. The van der Waals surface area contributed by atoms with E-state index < -0.39 is 10.0 Å². The number of nitrogens with two attached hydrogens (primary N) is 1. The summed E-state index contributed by atoms with van der Waals surface area (Å²) in [7, 11) is -3.70. The van der Waals surface area contributed by atoms with Gasteiger partial charge in [0.1, 0.15) is 5.75 Å². The fourth-order valence-corrected chi connectivity index (χ4v) is 3.84. The summed E-state index contributed by atoms with van der Waals surface area (Å²) in [6, 6.07) is 13.8. The van der Waals surface area contributed by atoms with Gasteiger partial charge in [0.15, 0.2) is 11.7 Å². The minimum atomic E-state index is -3.70. The molecule has 0 radical (unpaired) electrons. The first-order valence-electron chi connectivity index (χ1n) is 8.36. The third kappa shape index (κ3) is 5.38. The second kappa shape index (κ2) is 8.51. The Morgan fingerprint density at radius 2 is 1.89 bits per heavy atom. The lowest BCUT2D eigenvalue weighted by molar-refractivity contribution is -0.118. The van der Waals surface area contributed by atoms with Crippen molar-refractivity contribution in [1.82, 2.24) is 4.98 Å². The third-order valence-corrected chi connectivity index (χ3v) is 5.72. The number of anilines is 1. The number of rotatable bonds is 7. The maximum absolute atomic E-state index is 12.1. The van der Waals surface area contributed by atoms with Crippen LogP contribution in [0.4, 0.5) is 5.13 Å². The zero-order chi connectivity index (χ0) is 20.1. The highest BCUT2D eigenvalue weighted by Crippen LogP contribution is 2.22. The van der Waals surface area contributed by atoms with Crippen LogP contribution in [0, 0.1) is 6.92 Å². The van der Waals surface area contributed by atoms with Crippen molar-refractivity contribution in [2.24, 2.45) is 5.14 Å². The van der Waals surface area contributed by atoms with Crippen molar-refractivity contribution in [2.45, 2.75) is 18.2 Å². The molecule has 28 heavy (non-hydrogen) atoms. The Labute approximate surface area is 167 Å². The maximum Gasteiger partial charge on any atom is 0.264 e. The molecule has 0 fully saturated rings. The molecule has 0 aliphatic carbocycles. The number of carbonyl (C=O) groups excluding carboxylic acids is 1. The number of hydrogen-bond acceptors (Lipinski definition) is 6. The highest BCUT2D eigenvalue weighted by molar-refractivity contribution is 7.89. The van der Waals surface area contributed by atoms with Crippen LogP contribution in [0.25, 0.3) is 0 Å². The molecule has 0 saturated carbocycles. The number of nitrogens with one attached hydrogen (secondary N) is 1. The molecule has 0 bridgehead atoms. The van der Waals surface area contributed by atoms with Gasteiger partial charge in [-0.2, -0.15) is 0 Å². The van der Waals surface area contributed by atoms with Crippen LogP contribution in [0.2, 0.25) is 0 Å². The number of nitrogens with zero attached hydrogens (tertiary/aromatic N) is 1. The number of ether oxygens (including phenoxy) is 1. The topological polar surface area (TPSA) is 111 Å². The molecule has 3 aromatic rings. The van der Waals surface area contributed by atoms with E-state index in [0.717, 1.165) is 16.0 Å². The summed E-state index contributed by atoms with van der Waals surface area (Å²) in [6.07, 6.45) is 2.24. The van der Waals surface area contributed by atoms with Crippen molar-refractivity contribution in [2.75, 3.05) is 11.9 Å². The molecule has 1 heterocycles. The van der Waals surface area contributed by atoms with Crippen LogP contribution < -0.4 is 15.2 Å². The second-order valence-electron chi connectivity index (χ2n) is 6.10. The Bertz CT molecular complexity index is 1080. The fourth-order valence-electron chi connectivity index (χ4n) is 2.46. The van der Waals surface area contributed by atoms with Gasteiger partial charge in [0.25, 0.3) is 5.91 Å². The molecular formula is C19H19N3O4S2. The molecule has 0 aliphatic rings. The Balaban J connectivity index is 1.55. The molecule has 9 heteroatoms. The van der Waals surface area contributed by atoms with Gasteiger partial charge in [-0.25, -0.2) is 18.5 Å². The number of hydrogen-bond donors (Lipinski definition) is 2. The number of primary sulfonamides is 1. The third-order valence-electron chi connectivity index (χ3n) is 3.88. The van der Waals surface area contributed by atoms with E-state index in [9.17, 15) is 13.2 Å².